The van der Waals surface area contributed by atoms with Crippen molar-refractivity contribution in [2.75, 3.05) is 6.61 Å². The second-order valence-corrected chi connectivity index (χ2v) is 5.70. The monoisotopic (exact) mass is 370 g/mol. The summed E-state index contributed by atoms with van der Waals surface area (Å²) in [5.74, 6) is 0.873. The van der Waals surface area contributed by atoms with Gasteiger partial charge in [-0.15, -0.1) is 0 Å². The standard InChI is InChI=1S/C14H15IN2O2/c1-10-13(15)14-17(16-10)7-12(9-19-14)18-8-11-5-3-2-4-6-11/h2-6,12H,7-9H2,1H3/t12-/m0/s1. The van der Waals surface area contributed by atoms with E-state index in [1.165, 1.54) is 5.56 Å². The van der Waals surface area contributed by atoms with Gasteiger partial charge in [0.05, 0.1) is 22.4 Å². The second-order valence-electron chi connectivity index (χ2n) is 4.62. The van der Waals surface area contributed by atoms with E-state index in [1.54, 1.807) is 0 Å². The number of fused-ring (bicyclic) bond motifs is 1. The molecule has 0 spiro atoms. The van der Waals surface area contributed by atoms with Crippen LogP contribution in [-0.4, -0.2) is 22.5 Å². The van der Waals surface area contributed by atoms with E-state index in [4.69, 9.17) is 9.47 Å². The van der Waals surface area contributed by atoms with Crippen molar-refractivity contribution in [3.63, 3.8) is 0 Å². The Kier molecular flexibility index (Phi) is 3.74. The number of halogens is 1. The average Bonchev–Trinajstić information content (AvgIpc) is 2.73. The Morgan fingerprint density at radius 3 is 3.00 bits per heavy atom. The van der Waals surface area contributed by atoms with E-state index in [9.17, 15) is 0 Å². The Bertz CT molecular complexity index is 568. The third kappa shape index (κ3) is 2.76. The van der Waals surface area contributed by atoms with Gasteiger partial charge in [0, 0.05) is 0 Å². The Hall–Kier alpha value is -1.08. The molecule has 0 saturated heterocycles. The van der Waals surface area contributed by atoms with Crippen LogP contribution in [0.2, 0.25) is 0 Å². The minimum atomic E-state index is 0.0582. The van der Waals surface area contributed by atoms with Gasteiger partial charge in [0.2, 0.25) is 5.88 Å². The summed E-state index contributed by atoms with van der Waals surface area (Å²) in [5.41, 5.74) is 2.19. The van der Waals surface area contributed by atoms with Gasteiger partial charge in [-0.25, -0.2) is 4.68 Å². The van der Waals surface area contributed by atoms with E-state index in [2.05, 4.69) is 39.8 Å². The number of aromatic nitrogens is 2. The highest BCUT2D eigenvalue weighted by atomic mass is 127. The molecule has 19 heavy (non-hydrogen) atoms. The smallest absolute Gasteiger partial charge is 0.226 e. The largest absolute Gasteiger partial charge is 0.474 e. The van der Waals surface area contributed by atoms with Crippen LogP contribution in [0.25, 0.3) is 0 Å². The van der Waals surface area contributed by atoms with Gasteiger partial charge in [-0.3, -0.25) is 0 Å². The predicted molar refractivity (Wildman–Crippen MR) is 80.2 cm³/mol. The molecule has 0 amide bonds. The highest BCUT2D eigenvalue weighted by Gasteiger charge is 2.24. The summed E-state index contributed by atoms with van der Waals surface area (Å²) in [7, 11) is 0. The number of hydrogen-bond acceptors (Lipinski definition) is 3. The van der Waals surface area contributed by atoms with E-state index in [0.717, 1.165) is 21.7 Å². The lowest BCUT2D eigenvalue weighted by Crippen LogP contribution is -2.32. The van der Waals surface area contributed by atoms with Crippen molar-refractivity contribution in [2.24, 2.45) is 0 Å². The summed E-state index contributed by atoms with van der Waals surface area (Å²) in [4.78, 5) is 0. The first kappa shape index (κ1) is 12.9. The van der Waals surface area contributed by atoms with Crippen molar-refractivity contribution in [2.45, 2.75) is 26.2 Å². The number of hydrogen-bond donors (Lipinski definition) is 0. The van der Waals surface area contributed by atoms with Crippen molar-refractivity contribution in [3.8, 4) is 5.88 Å². The molecule has 5 heteroatoms. The molecule has 0 aliphatic carbocycles. The Morgan fingerprint density at radius 1 is 1.42 bits per heavy atom. The third-order valence-corrected chi connectivity index (χ3v) is 4.36. The first-order valence-corrected chi connectivity index (χ1v) is 7.33. The lowest BCUT2D eigenvalue weighted by Gasteiger charge is -2.24. The van der Waals surface area contributed by atoms with Crippen molar-refractivity contribution in [1.29, 1.82) is 0 Å². The first-order valence-electron chi connectivity index (χ1n) is 6.25. The van der Waals surface area contributed by atoms with Crippen LogP contribution in [-0.2, 0) is 17.9 Å². The zero-order valence-electron chi connectivity index (χ0n) is 10.7. The number of ether oxygens (including phenoxy) is 2. The van der Waals surface area contributed by atoms with E-state index >= 15 is 0 Å². The molecule has 1 aromatic heterocycles. The highest BCUT2D eigenvalue weighted by Crippen LogP contribution is 2.27. The maximum Gasteiger partial charge on any atom is 0.226 e. The number of benzene rings is 1. The van der Waals surface area contributed by atoms with Gasteiger partial charge in [0.15, 0.2) is 0 Å². The maximum absolute atomic E-state index is 5.89. The molecule has 4 nitrogen and oxygen atoms in total. The molecular weight excluding hydrogens is 355 g/mol. The number of aryl methyl sites for hydroxylation is 1. The molecule has 3 rings (SSSR count). The minimum absolute atomic E-state index is 0.0582. The van der Waals surface area contributed by atoms with Gasteiger partial charge in [-0.05, 0) is 35.1 Å². The molecule has 2 aromatic rings. The molecule has 100 valence electrons. The SMILES string of the molecule is Cc1nn2c(c1I)OC[C@@H](OCc1ccccc1)C2. The van der Waals surface area contributed by atoms with Crippen LogP contribution in [0.1, 0.15) is 11.3 Å². The van der Waals surface area contributed by atoms with Crippen LogP contribution >= 0.6 is 22.6 Å². The fourth-order valence-corrected chi connectivity index (χ4v) is 2.65. The minimum Gasteiger partial charge on any atom is -0.474 e. The molecule has 0 fully saturated rings. The summed E-state index contributed by atoms with van der Waals surface area (Å²) in [6, 6.07) is 10.2. The first-order chi connectivity index (χ1) is 9.24. The van der Waals surface area contributed by atoms with E-state index in [0.29, 0.717) is 13.2 Å². The van der Waals surface area contributed by atoms with Crippen LogP contribution < -0.4 is 4.74 Å². The number of nitrogens with zero attached hydrogens (tertiary/aromatic N) is 2. The summed E-state index contributed by atoms with van der Waals surface area (Å²) in [6.45, 7) is 3.96. The van der Waals surface area contributed by atoms with Gasteiger partial charge in [0.1, 0.15) is 12.7 Å². The van der Waals surface area contributed by atoms with Crippen molar-refractivity contribution < 1.29 is 9.47 Å². The molecule has 0 N–H and O–H groups in total. The molecule has 1 aromatic carbocycles. The van der Waals surface area contributed by atoms with Crippen molar-refractivity contribution >= 4 is 22.6 Å². The number of rotatable bonds is 3. The normalized spacial score (nSPS) is 17.9. The zero-order chi connectivity index (χ0) is 13.2. The van der Waals surface area contributed by atoms with Gasteiger partial charge in [-0.2, -0.15) is 5.10 Å². The maximum atomic E-state index is 5.89. The fraction of sp³-hybridized carbons (Fsp3) is 0.357. The van der Waals surface area contributed by atoms with Gasteiger partial charge >= 0.3 is 0 Å². The van der Waals surface area contributed by atoms with E-state index < -0.39 is 0 Å². The molecule has 0 unspecified atom stereocenters. The second kappa shape index (κ2) is 5.50. The summed E-state index contributed by atoms with van der Waals surface area (Å²) < 4.78 is 14.6. The van der Waals surface area contributed by atoms with Crippen LogP contribution in [0, 0.1) is 10.5 Å². The van der Waals surface area contributed by atoms with Crippen LogP contribution in [0.5, 0.6) is 5.88 Å². The fourth-order valence-electron chi connectivity index (χ4n) is 2.11. The predicted octanol–water partition coefficient (Wildman–Crippen LogP) is 2.77. The molecule has 2 heterocycles. The van der Waals surface area contributed by atoms with Crippen molar-refractivity contribution in [1.82, 2.24) is 9.78 Å². The molecule has 0 saturated carbocycles. The molecule has 0 bridgehead atoms. The molecule has 1 aliphatic rings. The lowest BCUT2D eigenvalue weighted by atomic mass is 10.2. The Morgan fingerprint density at radius 2 is 2.21 bits per heavy atom. The van der Waals surface area contributed by atoms with Crippen LogP contribution in [0.4, 0.5) is 0 Å². The molecular formula is C14H15IN2O2. The molecule has 1 atom stereocenters. The topological polar surface area (TPSA) is 36.3 Å². The lowest BCUT2D eigenvalue weighted by molar-refractivity contribution is -0.0220. The Balaban J connectivity index is 1.63. The summed E-state index contributed by atoms with van der Waals surface area (Å²) in [5, 5.41) is 4.46. The van der Waals surface area contributed by atoms with E-state index in [-0.39, 0.29) is 6.10 Å². The molecule has 1 aliphatic heterocycles. The summed E-state index contributed by atoms with van der Waals surface area (Å²) in [6.07, 6.45) is 0.0582. The third-order valence-electron chi connectivity index (χ3n) is 3.12. The van der Waals surface area contributed by atoms with Crippen LogP contribution in [0.15, 0.2) is 30.3 Å². The highest BCUT2D eigenvalue weighted by molar-refractivity contribution is 14.1. The van der Waals surface area contributed by atoms with Crippen molar-refractivity contribution in [3.05, 3.63) is 45.2 Å². The van der Waals surface area contributed by atoms with Gasteiger partial charge in [-0.1, -0.05) is 30.3 Å². The van der Waals surface area contributed by atoms with E-state index in [1.807, 2.05) is 29.8 Å². The Labute approximate surface area is 125 Å². The zero-order valence-corrected chi connectivity index (χ0v) is 12.8. The summed E-state index contributed by atoms with van der Waals surface area (Å²) >= 11 is 2.27. The average molecular weight is 370 g/mol. The quantitative estimate of drug-likeness (QED) is 0.780. The molecule has 0 radical (unpaired) electrons. The van der Waals surface area contributed by atoms with Crippen LogP contribution in [0.3, 0.4) is 0 Å². The van der Waals surface area contributed by atoms with Gasteiger partial charge in [0.25, 0.3) is 0 Å². The van der Waals surface area contributed by atoms with Gasteiger partial charge < -0.3 is 9.47 Å².